The zero-order valence-corrected chi connectivity index (χ0v) is 16.7. The molecule has 152 valence electrons. The van der Waals surface area contributed by atoms with Crippen LogP contribution < -0.4 is 15.2 Å². The van der Waals surface area contributed by atoms with E-state index in [1.165, 1.54) is 0 Å². The van der Waals surface area contributed by atoms with E-state index in [1.807, 2.05) is 26.8 Å². The third-order valence-electron chi connectivity index (χ3n) is 4.81. The van der Waals surface area contributed by atoms with Gasteiger partial charge in [-0.2, -0.15) is 5.26 Å². The molecule has 1 aliphatic heterocycles. The number of likely N-dealkylation sites (tertiary alicyclic amines) is 1. The topological polar surface area (TPSA) is 119 Å². The van der Waals surface area contributed by atoms with Crippen molar-refractivity contribution in [3.05, 3.63) is 30.0 Å². The second kappa shape index (κ2) is 8.35. The number of hydrogen-bond acceptors (Lipinski definition) is 6. The molecule has 2 heterocycles. The Kier molecular flexibility index (Phi) is 5.87. The first-order chi connectivity index (χ1) is 13.8. The van der Waals surface area contributed by atoms with E-state index in [2.05, 4.69) is 4.98 Å². The van der Waals surface area contributed by atoms with Crippen LogP contribution in [0.1, 0.15) is 44.0 Å². The lowest BCUT2D eigenvalue weighted by atomic mass is 10.1. The molecular weight excluding hydrogens is 372 g/mol. The summed E-state index contributed by atoms with van der Waals surface area (Å²) >= 11 is 0. The lowest BCUT2D eigenvalue weighted by Gasteiger charge is -2.20. The minimum Gasteiger partial charge on any atom is -0.490 e. The average molecular weight is 396 g/mol. The number of carbonyl (C=O) groups excluding carboxylic acids is 2. The summed E-state index contributed by atoms with van der Waals surface area (Å²) in [5.41, 5.74) is 6.32. The van der Waals surface area contributed by atoms with Gasteiger partial charge in [-0.05, 0) is 39.0 Å². The normalized spacial score (nSPS) is 18.7. The van der Waals surface area contributed by atoms with Gasteiger partial charge in [-0.25, -0.2) is 0 Å². The van der Waals surface area contributed by atoms with E-state index in [0.717, 1.165) is 0 Å². The maximum absolute atomic E-state index is 12.1. The van der Waals surface area contributed by atoms with Crippen molar-refractivity contribution in [2.45, 2.75) is 51.9 Å². The Morgan fingerprint density at radius 1 is 1.38 bits per heavy atom. The van der Waals surface area contributed by atoms with Crippen LogP contribution in [0.3, 0.4) is 0 Å². The van der Waals surface area contributed by atoms with E-state index in [0.29, 0.717) is 35.4 Å². The van der Waals surface area contributed by atoms with Gasteiger partial charge in [-0.1, -0.05) is 0 Å². The summed E-state index contributed by atoms with van der Waals surface area (Å²) in [6, 6.07) is 6.96. The molecule has 1 aromatic carbocycles. The SMILES string of the molecule is CC(C)Oc1cc2c(O[C@@H]3C[C@@H](C)N(C(=O)CC#N)C3)ccnc2cc1C(N)=O. The first kappa shape index (κ1) is 20.4. The molecule has 3 rings (SSSR count). The number of nitrogens with zero attached hydrogens (tertiary/aromatic N) is 3. The highest BCUT2D eigenvalue weighted by molar-refractivity contribution is 6.01. The van der Waals surface area contributed by atoms with Crippen molar-refractivity contribution in [1.82, 2.24) is 9.88 Å². The van der Waals surface area contributed by atoms with Crippen molar-refractivity contribution in [3.8, 4) is 17.6 Å². The molecule has 2 aromatic rings. The van der Waals surface area contributed by atoms with E-state index in [4.69, 9.17) is 20.5 Å². The van der Waals surface area contributed by atoms with Crippen LogP contribution in [0.15, 0.2) is 24.4 Å². The number of nitrogens with two attached hydrogens (primary N) is 1. The van der Waals surface area contributed by atoms with E-state index >= 15 is 0 Å². The lowest BCUT2D eigenvalue weighted by Crippen LogP contribution is -2.34. The van der Waals surface area contributed by atoms with E-state index in [-0.39, 0.29) is 36.1 Å². The summed E-state index contributed by atoms with van der Waals surface area (Å²) in [6.45, 7) is 6.09. The maximum Gasteiger partial charge on any atom is 0.252 e. The zero-order valence-electron chi connectivity index (χ0n) is 16.7. The van der Waals surface area contributed by atoms with Gasteiger partial charge in [0, 0.05) is 24.0 Å². The molecule has 1 saturated heterocycles. The fourth-order valence-electron chi connectivity index (χ4n) is 3.56. The molecule has 1 aromatic heterocycles. The number of rotatable bonds is 6. The molecule has 0 aliphatic carbocycles. The van der Waals surface area contributed by atoms with Gasteiger partial charge in [0.1, 0.15) is 24.0 Å². The predicted octanol–water partition coefficient (Wildman–Crippen LogP) is 2.40. The Bertz CT molecular complexity index is 983. The van der Waals surface area contributed by atoms with Crippen LogP contribution in [0.4, 0.5) is 0 Å². The second-order valence-corrected chi connectivity index (χ2v) is 7.41. The Morgan fingerprint density at radius 3 is 2.79 bits per heavy atom. The van der Waals surface area contributed by atoms with Gasteiger partial charge in [0.25, 0.3) is 5.91 Å². The number of amides is 2. The fourth-order valence-corrected chi connectivity index (χ4v) is 3.56. The lowest BCUT2D eigenvalue weighted by molar-refractivity contribution is -0.130. The van der Waals surface area contributed by atoms with Crippen molar-refractivity contribution in [2.24, 2.45) is 5.73 Å². The average Bonchev–Trinajstić information content (AvgIpc) is 3.01. The van der Waals surface area contributed by atoms with Gasteiger partial charge in [-0.3, -0.25) is 14.6 Å². The van der Waals surface area contributed by atoms with Crippen molar-refractivity contribution in [2.75, 3.05) is 6.54 Å². The third-order valence-corrected chi connectivity index (χ3v) is 4.81. The molecule has 8 heteroatoms. The van der Waals surface area contributed by atoms with Gasteiger partial charge in [0.2, 0.25) is 5.91 Å². The third kappa shape index (κ3) is 4.40. The smallest absolute Gasteiger partial charge is 0.252 e. The van der Waals surface area contributed by atoms with E-state index in [9.17, 15) is 9.59 Å². The Morgan fingerprint density at radius 2 is 2.14 bits per heavy atom. The molecule has 8 nitrogen and oxygen atoms in total. The molecule has 29 heavy (non-hydrogen) atoms. The predicted molar refractivity (Wildman–Crippen MR) is 106 cm³/mol. The van der Waals surface area contributed by atoms with Gasteiger partial charge in [-0.15, -0.1) is 0 Å². The Labute approximate surface area is 169 Å². The molecule has 0 spiro atoms. The minimum absolute atomic E-state index is 0.00440. The number of nitriles is 1. The Balaban J connectivity index is 1.91. The standard InChI is InChI=1S/C21H24N4O4/c1-12(2)28-19-10-15-17(9-16(19)21(23)27)24-7-5-18(15)29-14-8-13(3)25(11-14)20(26)4-6-22/h5,7,9-10,12-14H,4,8,11H2,1-3H3,(H2,23,27)/t13-,14-/m1/s1. The molecule has 2 amide bonds. The van der Waals surface area contributed by atoms with E-state index < -0.39 is 5.91 Å². The van der Waals surface area contributed by atoms with Crippen LogP contribution in [-0.2, 0) is 4.79 Å². The van der Waals surface area contributed by atoms with Crippen molar-refractivity contribution in [3.63, 3.8) is 0 Å². The highest BCUT2D eigenvalue weighted by Gasteiger charge is 2.33. The number of benzene rings is 1. The largest absolute Gasteiger partial charge is 0.490 e. The van der Waals surface area contributed by atoms with Crippen LogP contribution in [0.2, 0.25) is 0 Å². The molecule has 2 atom stereocenters. The van der Waals surface area contributed by atoms with Gasteiger partial charge < -0.3 is 20.1 Å². The second-order valence-electron chi connectivity index (χ2n) is 7.41. The number of carbonyl (C=O) groups is 2. The summed E-state index contributed by atoms with van der Waals surface area (Å²) < 4.78 is 12.0. The van der Waals surface area contributed by atoms with E-state index in [1.54, 1.807) is 29.3 Å². The minimum atomic E-state index is -0.591. The quantitative estimate of drug-likeness (QED) is 0.801. The van der Waals surface area contributed by atoms with Crippen LogP contribution in [0.25, 0.3) is 10.9 Å². The number of aromatic nitrogens is 1. The molecule has 0 radical (unpaired) electrons. The first-order valence-corrected chi connectivity index (χ1v) is 9.52. The molecule has 0 bridgehead atoms. The highest BCUT2D eigenvalue weighted by atomic mass is 16.5. The molecular formula is C21H24N4O4. The molecule has 1 aliphatic rings. The molecule has 1 fully saturated rings. The molecule has 0 unspecified atom stereocenters. The van der Waals surface area contributed by atoms with Crippen molar-refractivity contribution in [1.29, 1.82) is 5.26 Å². The highest BCUT2D eigenvalue weighted by Crippen LogP contribution is 2.33. The maximum atomic E-state index is 12.1. The number of primary amides is 1. The fraction of sp³-hybridized carbons (Fsp3) is 0.429. The summed E-state index contributed by atoms with van der Waals surface area (Å²) in [5, 5.41) is 9.47. The number of fused-ring (bicyclic) bond motifs is 1. The van der Waals surface area contributed by atoms with Crippen molar-refractivity contribution >= 4 is 22.7 Å². The van der Waals surface area contributed by atoms with Gasteiger partial charge in [0.15, 0.2) is 0 Å². The van der Waals surface area contributed by atoms with Crippen LogP contribution in [0, 0.1) is 11.3 Å². The molecule has 2 N–H and O–H groups in total. The summed E-state index contributed by atoms with van der Waals surface area (Å²) in [4.78, 5) is 29.9. The van der Waals surface area contributed by atoms with Crippen LogP contribution in [-0.4, -0.2) is 46.5 Å². The summed E-state index contributed by atoms with van der Waals surface area (Å²) in [5.74, 6) is 0.186. The Hall–Kier alpha value is -3.34. The number of ether oxygens (including phenoxy) is 2. The van der Waals surface area contributed by atoms with Crippen molar-refractivity contribution < 1.29 is 19.1 Å². The summed E-state index contributed by atoms with van der Waals surface area (Å²) in [6.07, 6.45) is 1.78. The molecule has 0 saturated carbocycles. The summed E-state index contributed by atoms with van der Waals surface area (Å²) in [7, 11) is 0. The number of hydrogen-bond donors (Lipinski definition) is 1. The van der Waals surface area contributed by atoms with Gasteiger partial charge >= 0.3 is 0 Å². The first-order valence-electron chi connectivity index (χ1n) is 9.52. The van der Waals surface area contributed by atoms with Crippen LogP contribution in [0.5, 0.6) is 11.5 Å². The van der Waals surface area contributed by atoms with Crippen LogP contribution >= 0.6 is 0 Å². The van der Waals surface area contributed by atoms with Gasteiger partial charge in [0.05, 0.1) is 29.8 Å². The number of pyridine rings is 1. The zero-order chi connectivity index (χ0) is 21.1. The monoisotopic (exact) mass is 396 g/mol.